The third-order valence-corrected chi connectivity index (χ3v) is 7.48. The number of benzene rings is 1. The molecule has 0 N–H and O–H groups in total. The molecule has 8 heteroatoms. The van der Waals surface area contributed by atoms with Crippen LogP contribution in [0, 0.1) is 0 Å². The summed E-state index contributed by atoms with van der Waals surface area (Å²) in [5.74, 6) is 0.658. The number of rotatable bonds is 7. The molecule has 1 atom stereocenters. The number of carbonyl (C=O) groups is 1. The Balaban J connectivity index is 0.00000242. The van der Waals surface area contributed by atoms with E-state index >= 15 is 0 Å². The molecule has 1 unspecified atom stereocenters. The second-order valence-corrected chi connectivity index (χ2v) is 9.24. The van der Waals surface area contributed by atoms with Gasteiger partial charge in [0.05, 0.1) is 10.8 Å². The first-order chi connectivity index (χ1) is 10.1. The Morgan fingerprint density at radius 1 is 1.23 bits per heavy atom. The summed E-state index contributed by atoms with van der Waals surface area (Å²) in [5, 5.41) is 0.690. The summed E-state index contributed by atoms with van der Waals surface area (Å²) in [7, 11) is -0.0195. The Labute approximate surface area is 162 Å². The summed E-state index contributed by atoms with van der Waals surface area (Å²) in [4.78, 5) is 11.7. The van der Waals surface area contributed by atoms with Gasteiger partial charge in [-0.2, -0.15) is 0 Å². The van der Waals surface area contributed by atoms with E-state index in [1.54, 1.807) is 18.2 Å². The molecule has 0 radical (unpaired) electrons. The summed E-state index contributed by atoms with van der Waals surface area (Å²) in [6.07, 6.45) is 4.18. The minimum atomic E-state index is -3.84. The number of hydrogen-bond donors (Lipinski definition) is 0. The maximum absolute atomic E-state index is 11.9. The van der Waals surface area contributed by atoms with Gasteiger partial charge < -0.3 is 9.52 Å². The van der Waals surface area contributed by atoms with Crippen LogP contribution in [0.3, 0.4) is 0 Å². The van der Waals surface area contributed by atoms with Crippen molar-refractivity contribution in [3.8, 4) is 0 Å². The van der Waals surface area contributed by atoms with Gasteiger partial charge >= 0.3 is 29.6 Å². The molecule has 1 aliphatic heterocycles. The van der Waals surface area contributed by atoms with Crippen molar-refractivity contribution in [2.75, 3.05) is 5.75 Å². The third kappa shape index (κ3) is 6.84. The molecular formula is C14H18NNaO3S3. The molecule has 0 aliphatic carbocycles. The summed E-state index contributed by atoms with van der Waals surface area (Å²) in [6.45, 7) is 0. The van der Waals surface area contributed by atoms with Crippen LogP contribution in [0.1, 0.15) is 32.1 Å². The van der Waals surface area contributed by atoms with Crippen LogP contribution in [0.15, 0.2) is 35.2 Å². The van der Waals surface area contributed by atoms with Crippen LogP contribution in [-0.2, 0) is 14.8 Å². The van der Waals surface area contributed by atoms with Crippen molar-refractivity contribution in [1.29, 1.82) is 0 Å². The van der Waals surface area contributed by atoms with Crippen molar-refractivity contribution in [3.05, 3.63) is 35.1 Å². The molecule has 22 heavy (non-hydrogen) atoms. The van der Waals surface area contributed by atoms with Gasteiger partial charge in [0.15, 0.2) is 0 Å². The van der Waals surface area contributed by atoms with Crippen molar-refractivity contribution in [1.82, 2.24) is 0 Å². The summed E-state index contributed by atoms with van der Waals surface area (Å²) >= 11 is 0. The number of unbranched alkanes of at least 4 members (excludes halogenated alkanes) is 1. The smallest absolute Gasteiger partial charge is 0.542 e. The van der Waals surface area contributed by atoms with E-state index in [-0.39, 0.29) is 40.9 Å². The topological polar surface area (TPSA) is 65.3 Å². The Morgan fingerprint density at radius 3 is 2.59 bits per heavy atom. The van der Waals surface area contributed by atoms with Gasteiger partial charge in [-0.3, -0.25) is 0 Å². The third-order valence-electron chi connectivity index (χ3n) is 3.16. The van der Waals surface area contributed by atoms with Crippen LogP contribution >= 0.6 is 21.6 Å². The molecule has 1 aromatic carbocycles. The number of nitrogens with zero attached hydrogens (tertiary/aromatic N) is 1. The zero-order valence-corrected chi connectivity index (χ0v) is 17.1. The van der Waals surface area contributed by atoms with E-state index in [0.717, 1.165) is 12.8 Å². The fraction of sp³-hybridized carbons (Fsp3) is 0.500. The molecule has 1 amide bonds. The van der Waals surface area contributed by atoms with Gasteiger partial charge in [0.1, 0.15) is 10.0 Å². The van der Waals surface area contributed by atoms with E-state index < -0.39 is 15.9 Å². The molecule has 0 aromatic heterocycles. The summed E-state index contributed by atoms with van der Waals surface area (Å²) in [6, 6.07) is 7.84. The normalized spacial score (nSPS) is 17.7. The van der Waals surface area contributed by atoms with Crippen LogP contribution in [0.5, 0.6) is 0 Å². The first kappa shape index (κ1) is 20.4. The summed E-state index contributed by atoms with van der Waals surface area (Å²) in [5.41, 5.74) is 0. The van der Waals surface area contributed by atoms with Crippen LogP contribution in [0.4, 0.5) is 0 Å². The SMILES string of the molecule is O=C(CCCCC1CCSS1)[N-]S(=O)(=O)c1ccccc1.[Na+]. The first-order valence-electron chi connectivity index (χ1n) is 6.92. The van der Waals surface area contributed by atoms with Crippen molar-refractivity contribution in [3.63, 3.8) is 0 Å². The standard InChI is InChI=1S/C14H19NO3S3.Na/c16-14(9-5-4-6-12-10-11-19-20-12)15-21(17,18)13-7-2-1-3-8-13;/h1-3,7-8,12H,4-6,9-11H2,(H,15,16);/q;+1/p-1. The fourth-order valence-electron chi connectivity index (χ4n) is 2.04. The molecule has 1 aliphatic rings. The van der Waals surface area contributed by atoms with Gasteiger partial charge in [-0.1, -0.05) is 46.2 Å². The number of sulfonamides is 1. The van der Waals surface area contributed by atoms with Gasteiger partial charge in [0.2, 0.25) is 0 Å². The van der Waals surface area contributed by atoms with Gasteiger partial charge in [0.25, 0.3) is 0 Å². The van der Waals surface area contributed by atoms with E-state index in [1.165, 1.54) is 24.3 Å². The number of carbonyl (C=O) groups excluding carboxylic acids is 1. The molecule has 1 saturated heterocycles. The van der Waals surface area contributed by atoms with Gasteiger partial charge in [-0.05, 0) is 37.8 Å². The molecule has 1 fully saturated rings. The number of hydrogen-bond acceptors (Lipinski definition) is 5. The Kier molecular flexibility index (Phi) is 9.50. The maximum atomic E-state index is 11.9. The van der Waals surface area contributed by atoms with E-state index in [0.29, 0.717) is 11.7 Å². The van der Waals surface area contributed by atoms with Crippen molar-refractivity contribution in [2.24, 2.45) is 0 Å². The fourth-order valence-corrected chi connectivity index (χ4v) is 6.03. The van der Waals surface area contributed by atoms with E-state index in [2.05, 4.69) is 4.72 Å². The van der Waals surface area contributed by atoms with Crippen molar-refractivity contribution in [2.45, 2.75) is 42.2 Å². The van der Waals surface area contributed by atoms with E-state index in [1.807, 2.05) is 21.6 Å². The average Bonchev–Trinajstić information content (AvgIpc) is 2.97. The largest absolute Gasteiger partial charge is 1.00 e. The minimum Gasteiger partial charge on any atom is -0.542 e. The summed E-state index contributed by atoms with van der Waals surface area (Å²) < 4.78 is 27.2. The second kappa shape index (κ2) is 10.3. The average molecular weight is 367 g/mol. The van der Waals surface area contributed by atoms with Crippen LogP contribution in [0.25, 0.3) is 4.72 Å². The van der Waals surface area contributed by atoms with Crippen LogP contribution < -0.4 is 29.6 Å². The maximum Gasteiger partial charge on any atom is 1.00 e. The van der Waals surface area contributed by atoms with Gasteiger partial charge in [0, 0.05) is 11.0 Å². The molecule has 116 valence electrons. The van der Waals surface area contributed by atoms with Crippen LogP contribution in [-0.4, -0.2) is 25.3 Å². The molecular weight excluding hydrogens is 349 g/mol. The Bertz CT molecular complexity index is 560. The quantitative estimate of drug-likeness (QED) is 0.409. The number of amides is 1. The molecule has 4 nitrogen and oxygen atoms in total. The Hall–Kier alpha value is 0.340. The van der Waals surface area contributed by atoms with E-state index in [9.17, 15) is 13.2 Å². The zero-order chi connectivity index (χ0) is 15.1. The van der Waals surface area contributed by atoms with Crippen molar-refractivity contribution >= 4 is 37.5 Å². The monoisotopic (exact) mass is 367 g/mol. The second-order valence-electron chi connectivity index (χ2n) is 4.85. The predicted octanol–water partition coefficient (Wildman–Crippen LogP) is 0.994. The van der Waals surface area contributed by atoms with Crippen LogP contribution in [0.2, 0.25) is 0 Å². The van der Waals surface area contributed by atoms with Gasteiger partial charge in [-0.25, -0.2) is 8.42 Å². The Morgan fingerprint density at radius 2 is 1.95 bits per heavy atom. The molecule has 2 rings (SSSR count). The molecule has 1 aromatic rings. The minimum absolute atomic E-state index is 0. The zero-order valence-electron chi connectivity index (χ0n) is 12.6. The molecule has 1 heterocycles. The molecule has 0 bridgehead atoms. The van der Waals surface area contributed by atoms with Crippen molar-refractivity contribution < 1.29 is 42.8 Å². The van der Waals surface area contributed by atoms with Gasteiger partial charge in [-0.15, -0.1) is 0 Å². The predicted molar refractivity (Wildman–Crippen MR) is 88.9 cm³/mol. The molecule has 0 saturated carbocycles. The first-order valence-corrected chi connectivity index (χ1v) is 10.7. The van der Waals surface area contributed by atoms with E-state index in [4.69, 9.17) is 0 Å². The molecule has 0 spiro atoms.